The number of rotatable bonds is 6. The Labute approximate surface area is 96.7 Å². The highest BCUT2D eigenvalue weighted by Crippen LogP contribution is 2.13. The van der Waals surface area contributed by atoms with Crippen LogP contribution < -0.4 is 11.1 Å². The Hall–Kier alpha value is -0.650. The highest BCUT2D eigenvalue weighted by atomic mass is 16.5. The summed E-state index contributed by atoms with van der Waals surface area (Å²) in [4.78, 5) is 11.9. The molecular formula is C11H22N2O3. The quantitative estimate of drug-likeness (QED) is 0.668. The molecule has 16 heavy (non-hydrogen) atoms. The van der Waals surface area contributed by atoms with Gasteiger partial charge in [0.25, 0.3) is 0 Å². The van der Waals surface area contributed by atoms with Gasteiger partial charge in [0.15, 0.2) is 0 Å². The maximum absolute atomic E-state index is 11.9. The second-order valence-corrected chi connectivity index (χ2v) is 4.15. The maximum atomic E-state index is 11.9. The van der Waals surface area contributed by atoms with E-state index in [4.69, 9.17) is 15.2 Å². The van der Waals surface area contributed by atoms with Crippen LogP contribution in [-0.2, 0) is 14.3 Å². The first kappa shape index (κ1) is 13.4. The first-order valence-electron chi connectivity index (χ1n) is 5.85. The zero-order valence-corrected chi connectivity index (χ0v) is 9.91. The van der Waals surface area contributed by atoms with Crippen molar-refractivity contribution in [3.05, 3.63) is 0 Å². The van der Waals surface area contributed by atoms with Crippen molar-refractivity contribution < 1.29 is 14.3 Å². The molecule has 0 bridgehead atoms. The number of ether oxygens (including phenoxy) is 2. The summed E-state index contributed by atoms with van der Waals surface area (Å²) in [5.41, 5.74) is 5.48. The SMILES string of the molecule is COCC(CCN)NC(=O)C1CCCOC1. The van der Waals surface area contributed by atoms with Crippen LogP contribution in [0.1, 0.15) is 19.3 Å². The van der Waals surface area contributed by atoms with E-state index in [1.165, 1.54) is 0 Å². The van der Waals surface area contributed by atoms with E-state index in [1.807, 2.05) is 0 Å². The lowest BCUT2D eigenvalue weighted by atomic mass is 10.0. The van der Waals surface area contributed by atoms with Gasteiger partial charge in [-0.25, -0.2) is 0 Å². The van der Waals surface area contributed by atoms with Crippen molar-refractivity contribution in [3.8, 4) is 0 Å². The molecule has 1 heterocycles. The van der Waals surface area contributed by atoms with Crippen molar-refractivity contribution in [3.63, 3.8) is 0 Å². The summed E-state index contributed by atoms with van der Waals surface area (Å²) in [6.07, 6.45) is 2.62. The first-order chi connectivity index (χ1) is 7.77. The third kappa shape index (κ3) is 4.47. The molecule has 0 aromatic carbocycles. The van der Waals surface area contributed by atoms with E-state index < -0.39 is 0 Å². The van der Waals surface area contributed by atoms with E-state index in [9.17, 15) is 4.79 Å². The van der Waals surface area contributed by atoms with Gasteiger partial charge in [-0.2, -0.15) is 0 Å². The van der Waals surface area contributed by atoms with E-state index in [2.05, 4.69) is 5.32 Å². The number of methoxy groups -OCH3 is 1. The Kier molecular flexibility index (Phi) is 6.37. The third-order valence-electron chi connectivity index (χ3n) is 2.76. The zero-order valence-electron chi connectivity index (χ0n) is 9.91. The molecule has 2 unspecified atom stereocenters. The molecule has 0 aromatic heterocycles. The Bertz CT molecular complexity index is 199. The molecule has 1 aliphatic heterocycles. The van der Waals surface area contributed by atoms with Crippen molar-refractivity contribution in [2.45, 2.75) is 25.3 Å². The molecule has 1 amide bonds. The van der Waals surface area contributed by atoms with Crippen LogP contribution in [0.15, 0.2) is 0 Å². The smallest absolute Gasteiger partial charge is 0.225 e. The van der Waals surface area contributed by atoms with Gasteiger partial charge in [-0.3, -0.25) is 4.79 Å². The molecule has 0 saturated carbocycles. The molecule has 0 radical (unpaired) electrons. The van der Waals surface area contributed by atoms with Gasteiger partial charge in [-0.1, -0.05) is 0 Å². The monoisotopic (exact) mass is 230 g/mol. The summed E-state index contributed by atoms with van der Waals surface area (Å²) in [6.45, 7) is 2.37. The van der Waals surface area contributed by atoms with E-state index in [-0.39, 0.29) is 17.9 Å². The van der Waals surface area contributed by atoms with Gasteiger partial charge in [0, 0.05) is 13.7 Å². The molecule has 3 N–H and O–H groups in total. The lowest BCUT2D eigenvalue weighted by Crippen LogP contribution is -2.44. The standard InChI is InChI=1S/C11H22N2O3/c1-15-8-10(4-5-12)13-11(14)9-3-2-6-16-7-9/h9-10H,2-8,12H2,1H3,(H,13,14). The normalized spacial score (nSPS) is 22.8. The van der Waals surface area contributed by atoms with Crippen LogP contribution in [0, 0.1) is 5.92 Å². The van der Waals surface area contributed by atoms with E-state index in [1.54, 1.807) is 7.11 Å². The van der Waals surface area contributed by atoms with Crippen molar-refractivity contribution in [2.75, 3.05) is 33.5 Å². The van der Waals surface area contributed by atoms with E-state index in [0.29, 0.717) is 19.8 Å². The molecule has 1 fully saturated rings. The van der Waals surface area contributed by atoms with Crippen molar-refractivity contribution in [2.24, 2.45) is 11.7 Å². The fourth-order valence-electron chi connectivity index (χ4n) is 1.87. The van der Waals surface area contributed by atoms with Crippen LogP contribution in [0.2, 0.25) is 0 Å². The van der Waals surface area contributed by atoms with Gasteiger partial charge >= 0.3 is 0 Å². The molecule has 1 saturated heterocycles. The predicted octanol–water partition coefficient (Wildman–Crippen LogP) is -0.107. The Morgan fingerprint density at radius 2 is 2.50 bits per heavy atom. The van der Waals surface area contributed by atoms with Crippen molar-refractivity contribution >= 4 is 5.91 Å². The van der Waals surface area contributed by atoms with Crippen molar-refractivity contribution in [1.82, 2.24) is 5.32 Å². The molecule has 0 aliphatic carbocycles. The topological polar surface area (TPSA) is 73.6 Å². The summed E-state index contributed by atoms with van der Waals surface area (Å²) >= 11 is 0. The van der Waals surface area contributed by atoms with Crippen LogP contribution in [-0.4, -0.2) is 45.4 Å². The van der Waals surface area contributed by atoms with Crippen LogP contribution in [0.25, 0.3) is 0 Å². The number of hydrogen-bond donors (Lipinski definition) is 2. The van der Waals surface area contributed by atoms with Crippen LogP contribution >= 0.6 is 0 Å². The number of nitrogens with one attached hydrogen (secondary N) is 1. The van der Waals surface area contributed by atoms with Gasteiger partial charge in [0.2, 0.25) is 5.91 Å². The minimum atomic E-state index is -0.00844. The van der Waals surface area contributed by atoms with E-state index in [0.717, 1.165) is 25.9 Å². The average molecular weight is 230 g/mol. The minimum Gasteiger partial charge on any atom is -0.383 e. The molecule has 2 atom stereocenters. The molecule has 1 rings (SSSR count). The first-order valence-corrected chi connectivity index (χ1v) is 5.85. The summed E-state index contributed by atoms with van der Waals surface area (Å²) in [7, 11) is 1.62. The summed E-state index contributed by atoms with van der Waals surface area (Å²) in [5, 5.41) is 2.96. The molecule has 1 aliphatic rings. The average Bonchev–Trinajstić information content (AvgIpc) is 2.31. The number of hydrogen-bond acceptors (Lipinski definition) is 4. The van der Waals surface area contributed by atoms with Gasteiger partial charge in [0.1, 0.15) is 0 Å². The Morgan fingerprint density at radius 3 is 3.06 bits per heavy atom. The van der Waals surface area contributed by atoms with E-state index >= 15 is 0 Å². The lowest BCUT2D eigenvalue weighted by Gasteiger charge is -2.24. The molecule has 0 aromatic rings. The fraction of sp³-hybridized carbons (Fsp3) is 0.909. The third-order valence-corrected chi connectivity index (χ3v) is 2.76. The second kappa shape index (κ2) is 7.60. The number of nitrogens with two attached hydrogens (primary N) is 1. The lowest BCUT2D eigenvalue weighted by molar-refractivity contribution is -0.130. The predicted molar refractivity (Wildman–Crippen MR) is 61.0 cm³/mol. The maximum Gasteiger partial charge on any atom is 0.225 e. The Balaban J connectivity index is 2.33. The second-order valence-electron chi connectivity index (χ2n) is 4.15. The van der Waals surface area contributed by atoms with Crippen LogP contribution in [0.5, 0.6) is 0 Å². The number of amides is 1. The van der Waals surface area contributed by atoms with Crippen LogP contribution in [0.4, 0.5) is 0 Å². The van der Waals surface area contributed by atoms with Gasteiger partial charge < -0.3 is 20.5 Å². The molecule has 5 nitrogen and oxygen atoms in total. The molecule has 0 spiro atoms. The highest BCUT2D eigenvalue weighted by molar-refractivity contribution is 5.79. The van der Waals surface area contributed by atoms with Gasteiger partial charge in [-0.05, 0) is 25.8 Å². The minimum absolute atomic E-state index is 0.00844. The zero-order chi connectivity index (χ0) is 11.8. The Morgan fingerprint density at radius 1 is 1.69 bits per heavy atom. The molecule has 5 heteroatoms. The number of carbonyl (C=O) groups is 1. The summed E-state index contributed by atoms with van der Waals surface area (Å²) in [5.74, 6) is 0.0566. The van der Waals surface area contributed by atoms with Gasteiger partial charge in [-0.15, -0.1) is 0 Å². The fourth-order valence-corrected chi connectivity index (χ4v) is 1.87. The summed E-state index contributed by atoms with van der Waals surface area (Å²) in [6, 6.07) is 0.0180. The van der Waals surface area contributed by atoms with Gasteiger partial charge in [0.05, 0.1) is 25.2 Å². The van der Waals surface area contributed by atoms with Crippen molar-refractivity contribution in [1.29, 1.82) is 0 Å². The highest BCUT2D eigenvalue weighted by Gasteiger charge is 2.23. The largest absolute Gasteiger partial charge is 0.383 e. The number of carbonyl (C=O) groups excluding carboxylic acids is 1. The molecule has 94 valence electrons. The van der Waals surface area contributed by atoms with Crippen LogP contribution in [0.3, 0.4) is 0 Å². The molecular weight excluding hydrogens is 208 g/mol. The summed E-state index contributed by atoms with van der Waals surface area (Å²) < 4.78 is 10.3.